The summed E-state index contributed by atoms with van der Waals surface area (Å²) in [5, 5.41) is 4.78. The minimum atomic E-state index is 0.415. The second-order valence-corrected chi connectivity index (χ2v) is 9.53. The summed E-state index contributed by atoms with van der Waals surface area (Å²) in [5.74, 6) is 0.830. The number of hydrogen-bond donors (Lipinski definition) is 0. The van der Waals surface area contributed by atoms with Crippen LogP contribution in [-0.4, -0.2) is 14.4 Å². The van der Waals surface area contributed by atoms with Gasteiger partial charge in [-0.05, 0) is 46.5 Å². The van der Waals surface area contributed by atoms with Crippen LogP contribution in [0.1, 0.15) is 50.7 Å². The van der Waals surface area contributed by atoms with Crippen LogP contribution in [-0.2, 0) is 0 Å². The predicted molar refractivity (Wildman–Crippen MR) is 139 cm³/mol. The van der Waals surface area contributed by atoms with Crippen molar-refractivity contribution in [2.45, 2.75) is 39.5 Å². The molecule has 0 aliphatic rings. The second-order valence-electron chi connectivity index (χ2n) is 9.53. The van der Waals surface area contributed by atoms with Gasteiger partial charge >= 0.3 is 0 Å². The minimum absolute atomic E-state index is 0.415. The van der Waals surface area contributed by atoms with Crippen molar-refractivity contribution in [2.24, 2.45) is 0 Å². The van der Waals surface area contributed by atoms with Crippen LogP contribution in [0.5, 0.6) is 0 Å². The van der Waals surface area contributed by atoms with Gasteiger partial charge in [0.05, 0.1) is 22.9 Å². The average Bonchev–Trinajstić information content (AvgIpc) is 3.28. The second kappa shape index (κ2) is 7.41. The molecule has 0 N–H and O–H groups in total. The average molecular weight is 430 g/mol. The van der Waals surface area contributed by atoms with E-state index in [2.05, 4.69) is 104 Å². The molecule has 3 heterocycles. The van der Waals surface area contributed by atoms with Gasteiger partial charge in [0.2, 0.25) is 0 Å². The van der Waals surface area contributed by atoms with Gasteiger partial charge in [0, 0.05) is 27.9 Å². The van der Waals surface area contributed by atoms with Crippen molar-refractivity contribution in [1.29, 1.82) is 0 Å². The lowest BCUT2D eigenvalue weighted by atomic mass is 9.87. The first-order chi connectivity index (χ1) is 16.0. The van der Waals surface area contributed by atoms with Gasteiger partial charge in [-0.25, -0.2) is 4.98 Å². The molecule has 6 rings (SSSR count). The minimum Gasteiger partial charge on any atom is -0.292 e. The molecule has 0 atom stereocenters. The zero-order valence-corrected chi connectivity index (χ0v) is 19.5. The maximum atomic E-state index is 5.00. The molecule has 0 unspecified atom stereocenters. The van der Waals surface area contributed by atoms with E-state index in [0.717, 1.165) is 27.8 Å². The van der Waals surface area contributed by atoms with E-state index in [1.165, 1.54) is 32.8 Å². The summed E-state index contributed by atoms with van der Waals surface area (Å²) in [6.45, 7) is 9.10. The molecule has 0 saturated carbocycles. The van der Waals surface area contributed by atoms with Crippen molar-refractivity contribution in [2.75, 3.05) is 0 Å². The molecular formula is C30H27N3. The molecule has 0 aliphatic heterocycles. The summed E-state index contributed by atoms with van der Waals surface area (Å²) < 4.78 is 2.36. The fourth-order valence-corrected chi connectivity index (χ4v) is 5.23. The van der Waals surface area contributed by atoms with Crippen LogP contribution in [0.3, 0.4) is 0 Å². The lowest BCUT2D eigenvalue weighted by molar-refractivity contribution is 0.836. The van der Waals surface area contributed by atoms with E-state index in [-0.39, 0.29) is 0 Å². The largest absolute Gasteiger partial charge is 0.292 e. The van der Waals surface area contributed by atoms with Gasteiger partial charge in [-0.2, -0.15) is 0 Å². The number of imidazole rings is 1. The standard InChI is InChI=1S/C30H27N3/c1-18(2)21-12-7-13-22(19(3)4)29(21)28-17-32-30-24-11-6-5-10-23(24)25-15-20-9-8-14-31-26(20)16-27(25)33(28)30/h5-19H,1-4H3. The molecule has 0 spiro atoms. The van der Waals surface area contributed by atoms with Gasteiger partial charge in [-0.1, -0.05) is 76.2 Å². The van der Waals surface area contributed by atoms with E-state index in [9.17, 15) is 0 Å². The Hall–Kier alpha value is -3.72. The number of benzene rings is 3. The van der Waals surface area contributed by atoms with Crippen molar-refractivity contribution in [1.82, 2.24) is 14.4 Å². The Morgan fingerprint density at radius 2 is 1.42 bits per heavy atom. The lowest BCUT2D eigenvalue weighted by Gasteiger charge is -2.20. The number of fused-ring (bicyclic) bond motifs is 7. The molecule has 3 aromatic carbocycles. The Morgan fingerprint density at radius 1 is 0.697 bits per heavy atom. The van der Waals surface area contributed by atoms with Crippen LogP contribution < -0.4 is 0 Å². The SMILES string of the molecule is CC(C)c1cccc(C(C)C)c1-c1cnc2c3ccccc3c3cc4cccnc4cc3n12. The summed E-state index contributed by atoms with van der Waals surface area (Å²) in [4.78, 5) is 9.66. The van der Waals surface area contributed by atoms with Crippen LogP contribution in [0, 0.1) is 0 Å². The van der Waals surface area contributed by atoms with Crippen molar-refractivity contribution in [3.63, 3.8) is 0 Å². The Kier molecular flexibility index (Phi) is 4.48. The zero-order chi connectivity index (χ0) is 22.7. The molecule has 0 fully saturated rings. The molecule has 162 valence electrons. The molecular weight excluding hydrogens is 402 g/mol. The van der Waals surface area contributed by atoms with E-state index >= 15 is 0 Å². The first kappa shape index (κ1) is 19.9. The summed E-state index contributed by atoms with van der Waals surface area (Å²) >= 11 is 0. The molecule has 33 heavy (non-hydrogen) atoms. The molecule has 3 nitrogen and oxygen atoms in total. The van der Waals surface area contributed by atoms with Crippen LogP contribution >= 0.6 is 0 Å². The molecule has 0 radical (unpaired) electrons. The number of hydrogen-bond acceptors (Lipinski definition) is 2. The van der Waals surface area contributed by atoms with Gasteiger partial charge in [-0.15, -0.1) is 0 Å². The molecule has 0 bridgehead atoms. The fourth-order valence-electron chi connectivity index (χ4n) is 5.23. The van der Waals surface area contributed by atoms with E-state index in [4.69, 9.17) is 4.98 Å². The molecule has 3 heteroatoms. The van der Waals surface area contributed by atoms with Crippen molar-refractivity contribution in [3.8, 4) is 11.3 Å². The Morgan fingerprint density at radius 3 is 2.15 bits per heavy atom. The number of pyridine rings is 2. The van der Waals surface area contributed by atoms with Crippen LogP contribution in [0.25, 0.3) is 49.5 Å². The predicted octanol–water partition coefficient (Wildman–Crippen LogP) is 8.10. The highest BCUT2D eigenvalue weighted by molar-refractivity contribution is 6.15. The monoisotopic (exact) mass is 429 g/mol. The topological polar surface area (TPSA) is 30.2 Å². The van der Waals surface area contributed by atoms with E-state index < -0.39 is 0 Å². The number of rotatable bonds is 3. The van der Waals surface area contributed by atoms with Crippen LogP contribution in [0.2, 0.25) is 0 Å². The van der Waals surface area contributed by atoms with Gasteiger partial charge in [0.15, 0.2) is 0 Å². The number of nitrogens with zero attached hydrogens (tertiary/aromatic N) is 3. The first-order valence-electron chi connectivity index (χ1n) is 11.7. The van der Waals surface area contributed by atoms with Gasteiger partial charge in [0.1, 0.15) is 5.65 Å². The maximum absolute atomic E-state index is 5.00. The summed E-state index contributed by atoms with van der Waals surface area (Å²) in [6, 6.07) is 24.0. The van der Waals surface area contributed by atoms with Gasteiger partial charge < -0.3 is 0 Å². The Labute approximate surface area is 193 Å². The third kappa shape index (κ3) is 2.96. The smallest absolute Gasteiger partial charge is 0.145 e. The van der Waals surface area contributed by atoms with Crippen molar-refractivity contribution >= 4 is 38.2 Å². The third-order valence-corrected chi connectivity index (χ3v) is 6.81. The first-order valence-corrected chi connectivity index (χ1v) is 11.7. The van der Waals surface area contributed by atoms with Crippen LogP contribution in [0.4, 0.5) is 0 Å². The molecule has 3 aromatic heterocycles. The van der Waals surface area contributed by atoms with Crippen molar-refractivity contribution < 1.29 is 0 Å². The Bertz CT molecular complexity index is 1650. The molecule has 0 saturated heterocycles. The molecule has 6 aromatic rings. The maximum Gasteiger partial charge on any atom is 0.145 e. The van der Waals surface area contributed by atoms with E-state index in [0.29, 0.717) is 11.8 Å². The third-order valence-electron chi connectivity index (χ3n) is 6.81. The van der Waals surface area contributed by atoms with Gasteiger partial charge in [-0.3, -0.25) is 9.38 Å². The highest BCUT2D eigenvalue weighted by atomic mass is 15.0. The number of aromatic nitrogens is 3. The normalized spacial score (nSPS) is 12.2. The summed E-state index contributed by atoms with van der Waals surface area (Å²) in [6.07, 6.45) is 3.93. The zero-order valence-electron chi connectivity index (χ0n) is 19.5. The molecule has 0 amide bonds. The van der Waals surface area contributed by atoms with E-state index in [1.54, 1.807) is 0 Å². The fraction of sp³-hybridized carbons (Fsp3) is 0.200. The van der Waals surface area contributed by atoms with Crippen molar-refractivity contribution in [3.05, 3.63) is 90.3 Å². The van der Waals surface area contributed by atoms with Gasteiger partial charge in [0.25, 0.3) is 0 Å². The lowest BCUT2D eigenvalue weighted by Crippen LogP contribution is -2.02. The summed E-state index contributed by atoms with van der Waals surface area (Å²) in [5.41, 5.74) is 8.35. The highest BCUT2D eigenvalue weighted by Gasteiger charge is 2.21. The quantitative estimate of drug-likeness (QED) is 0.210. The van der Waals surface area contributed by atoms with E-state index in [1.807, 2.05) is 12.3 Å². The summed E-state index contributed by atoms with van der Waals surface area (Å²) in [7, 11) is 0. The molecule has 0 aliphatic carbocycles. The highest BCUT2D eigenvalue weighted by Crippen LogP contribution is 2.40. The Balaban J connectivity index is 1.86. The van der Waals surface area contributed by atoms with Crippen LogP contribution in [0.15, 0.2) is 79.1 Å².